The first-order valence-electron chi connectivity index (χ1n) is 14.2. The number of ether oxygens (including phenoxy) is 2. The number of phenolic OH excluding ortho intramolecular Hbond substituents is 2. The zero-order valence-electron chi connectivity index (χ0n) is 26.2. The number of rotatable bonds is 11. The van der Waals surface area contributed by atoms with Crippen molar-refractivity contribution < 1.29 is 71.6 Å². The summed E-state index contributed by atoms with van der Waals surface area (Å²) in [6, 6.07) is 20.8. The van der Waals surface area contributed by atoms with Crippen LogP contribution in [0, 0.1) is 0 Å². The van der Waals surface area contributed by atoms with Crippen molar-refractivity contribution in [3.05, 3.63) is 120 Å². The van der Waals surface area contributed by atoms with Crippen molar-refractivity contribution in [2.45, 2.75) is 31.9 Å². The highest BCUT2D eigenvalue weighted by Gasteiger charge is 2.33. The molecule has 6 N–H and O–H groups in total. The van der Waals surface area contributed by atoms with E-state index in [2.05, 4.69) is 0 Å². The number of aromatic hydroxyl groups is 2. The van der Waals surface area contributed by atoms with Gasteiger partial charge in [0.1, 0.15) is 38.5 Å². The van der Waals surface area contributed by atoms with Crippen molar-refractivity contribution in [3.8, 4) is 34.5 Å². The Hall–Kier alpha value is -5.06. The zero-order valence-corrected chi connectivity index (χ0v) is 29.5. The second kappa shape index (κ2) is 13.5. The molecular formula is C32H26O16S4. The largest absolute Gasteiger partial charge is 0.508 e. The minimum atomic E-state index is -5.42. The Morgan fingerprint density at radius 3 is 1.13 bits per heavy atom. The molecule has 0 aliphatic rings. The Labute approximate surface area is 297 Å². The molecule has 0 radical (unpaired) electrons. The van der Waals surface area contributed by atoms with Gasteiger partial charge in [0, 0.05) is 29.7 Å². The molecule has 0 spiro atoms. The van der Waals surface area contributed by atoms with Crippen molar-refractivity contribution in [1.82, 2.24) is 0 Å². The molecule has 0 unspecified atom stereocenters. The van der Waals surface area contributed by atoms with E-state index in [0.717, 1.165) is 0 Å². The Balaban J connectivity index is 1.61. The summed E-state index contributed by atoms with van der Waals surface area (Å²) in [7, 11) is -21.1. The highest BCUT2D eigenvalue weighted by molar-refractivity contribution is 7.87. The number of hydrogen-bond donors (Lipinski definition) is 6. The lowest BCUT2D eigenvalue weighted by Crippen LogP contribution is -2.25. The average Bonchev–Trinajstić information content (AvgIpc) is 3.04. The summed E-state index contributed by atoms with van der Waals surface area (Å²) in [6.45, 7) is 1.85. The van der Waals surface area contributed by atoms with E-state index in [1.807, 2.05) is 6.92 Å². The first-order valence-corrected chi connectivity index (χ1v) is 20.0. The summed E-state index contributed by atoms with van der Waals surface area (Å²) in [5.41, 5.74) is 1.07. The molecule has 20 heteroatoms. The molecular weight excluding hydrogens is 769 g/mol. The predicted octanol–water partition coefficient (Wildman–Crippen LogP) is 5.02. The van der Waals surface area contributed by atoms with Gasteiger partial charge in [-0.3, -0.25) is 18.2 Å². The molecule has 0 aromatic heterocycles. The van der Waals surface area contributed by atoms with Crippen LogP contribution in [0.25, 0.3) is 0 Å². The van der Waals surface area contributed by atoms with Gasteiger partial charge in [0.15, 0.2) is 5.75 Å². The second-order valence-electron chi connectivity index (χ2n) is 11.2. The first-order chi connectivity index (χ1) is 24.0. The number of hydrogen-bond acceptors (Lipinski definition) is 12. The summed E-state index contributed by atoms with van der Waals surface area (Å²) in [5, 5.41) is 19.7. The Morgan fingerprint density at radius 1 is 0.442 bits per heavy atom. The summed E-state index contributed by atoms with van der Waals surface area (Å²) in [5.74, 6) is -2.92. The zero-order chi connectivity index (χ0) is 38.4. The molecule has 0 fully saturated rings. The van der Waals surface area contributed by atoms with Crippen molar-refractivity contribution in [2.24, 2.45) is 0 Å². The SMILES string of the molecule is CC(c1ccc(O)cc1)(c1ccc(O)cc1)c1ccc(Oc2c(S(=O)(=O)O)cc(Oc3cc(S(=O)(=O)O)cc(S(=O)(=O)O)c3)cc2S(=O)(=O)O)cc1. The fraction of sp³-hybridized carbons (Fsp3) is 0.0625. The van der Waals surface area contributed by atoms with Crippen molar-refractivity contribution in [1.29, 1.82) is 0 Å². The van der Waals surface area contributed by atoms with Crippen LogP contribution in [0.3, 0.4) is 0 Å². The summed E-state index contributed by atoms with van der Waals surface area (Å²) in [4.78, 5) is -4.75. The summed E-state index contributed by atoms with van der Waals surface area (Å²) < 4.78 is 147. The normalized spacial score (nSPS) is 12.7. The molecule has 0 aliphatic carbocycles. The highest BCUT2D eigenvalue weighted by Crippen LogP contribution is 2.43. The van der Waals surface area contributed by atoms with Gasteiger partial charge in [0.05, 0.1) is 9.79 Å². The average molecular weight is 795 g/mol. The number of benzene rings is 5. The molecule has 52 heavy (non-hydrogen) atoms. The van der Waals surface area contributed by atoms with E-state index < -0.39 is 82.7 Å². The fourth-order valence-corrected chi connectivity index (χ4v) is 7.72. The minimum absolute atomic E-state index is 0.00994. The Kier molecular flexibility index (Phi) is 9.90. The maximum atomic E-state index is 12.5. The van der Waals surface area contributed by atoms with Crippen LogP contribution in [0.4, 0.5) is 0 Å². The third-order valence-corrected chi connectivity index (χ3v) is 11.2. The molecule has 0 aliphatic heterocycles. The second-order valence-corrected chi connectivity index (χ2v) is 16.9. The molecule has 0 saturated carbocycles. The van der Waals surface area contributed by atoms with E-state index in [1.54, 1.807) is 36.4 Å². The van der Waals surface area contributed by atoms with E-state index in [1.165, 1.54) is 36.4 Å². The molecule has 5 aromatic carbocycles. The lowest BCUT2D eigenvalue weighted by atomic mass is 9.71. The molecule has 16 nitrogen and oxygen atoms in total. The van der Waals surface area contributed by atoms with Crippen LogP contribution in [0.2, 0.25) is 0 Å². The molecule has 0 amide bonds. The van der Waals surface area contributed by atoms with Gasteiger partial charge in [-0.2, -0.15) is 33.7 Å². The third-order valence-electron chi connectivity index (χ3n) is 7.78. The van der Waals surface area contributed by atoms with Gasteiger partial charge in [0.2, 0.25) is 0 Å². The van der Waals surface area contributed by atoms with Gasteiger partial charge >= 0.3 is 0 Å². The van der Waals surface area contributed by atoms with E-state index in [9.17, 15) is 62.1 Å². The van der Waals surface area contributed by atoms with Crippen LogP contribution in [0.5, 0.6) is 34.5 Å². The highest BCUT2D eigenvalue weighted by atomic mass is 32.2. The predicted molar refractivity (Wildman–Crippen MR) is 181 cm³/mol. The van der Waals surface area contributed by atoms with Gasteiger partial charge in [-0.1, -0.05) is 36.4 Å². The Bertz CT molecular complexity index is 2470. The van der Waals surface area contributed by atoms with Crippen LogP contribution < -0.4 is 9.47 Å². The first kappa shape index (κ1) is 38.2. The third kappa shape index (κ3) is 8.19. The maximum absolute atomic E-state index is 12.5. The van der Waals surface area contributed by atoms with Gasteiger partial charge in [-0.25, -0.2) is 0 Å². The van der Waals surface area contributed by atoms with Crippen molar-refractivity contribution in [2.75, 3.05) is 0 Å². The van der Waals surface area contributed by atoms with E-state index in [-0.39, 0.29) is 17.2 Å². The smallest absolute Gasteiger partial charge is 0.298 e. The lowest BCUT2D eigenvalue weighted by Gasteiger charge is -2.32. The Morgan fingerprint density at radius 2 is 0.788 bits per heavy atom. The molecule has 274 valence electrons. The molecule has 0 heterocycles. The quantitative estimate of drug-likeness (QED) is 0.0756. The summed E-state index contributed by atoms with van der Waals surface area (Å²) >= 11 is 0. The van der Waals surface area contributed by atoms with Crippen molar-refractivity contribution >= 4 is 40.5 Å². The van der Waals surface area contributed by atoms with Crippen LogP contribution >= 0.6 is 0 Å². The van der Waals surface area contributed by atoms with E-state index >= 15 is 0 Å². The van der Waals surface area contributed by atoms with Gasteiger partial charge in [-0.05, 0) is 66.1 Å². The molecule has 0 bridgehead atoms. The maximum Gasteiger partial charge on any atom is 0.298 e. The van der Waals surface area contributed by atoms with Gasteiger partial charge in [0.25, 0.3) is 40.5 Å². The molecule has 0 atom stereocenters. The van der Waals surface area contributed by atoms with Crippen LogP contribution in [0.15, 0.2) is 123 Å². The lowest BCUT2D eigenvalue weighted by molar-refractivity contribution is 0.421. The van der Waals surface area contributed by atoms with Gasteiger partial charge in [-0.15, -0.1) is 0 Å². The monoisotopic (exact) mass is 794 g/mol. The van der Waals surface area contributed by atoms with Crippen LogP contribution in [-0.4, -0.2) is 62.1 Å². The topological polar surface area (TPSA) is 276 Å². The standard InChI is InChI=1S/C32H26O16S4/c1-32(19-2-8-22(33)9-3-19,20-4-10-23(34)11-5-20)21-6-12-24(13-7-21)48-31-29(51(41,42)43)16-26(17-30(31)52(44,45)46)47-25-14-27(49(35,36)37)18-28(15-25)50(38,39)40/h2-18,33-34H,1H3,(H,35,36,37)(H,38,39,40)(H,41,42,43)(H,44,45,46). The number of phenols is 2. The van der Waals surface area contributed by atoms with E-state index in [0.29, 0.717) is 47.0 Å². The molecule has 5 aromatic rings. The molecule has 0 saturated heterocycles. The van der Waals surface area contributed by atoms with Crippen molar-refractivity contribution in [3.63, 3.8) is 0 Å². The van der Waals surface area contributed by atoms with Gasteiger partial charge < -0.3 is 19.7 Å². The van der Waals surface area contributed by atoms with Crippen LogP contribution in [-0.2, 0) is 45.9 Å². The molecule has 5 rings (SSSR count). The minimum Gasteiger partial charge on any atom is -0.508 e. The fourth-order valence-electron chi connectivity index (χ4n) is 5.20. The summed E-state index contributed by atoms with van der Waals surface area (Å²) in [6.07, 6.45) is 0. The van der Waals surface area contributed by atoms with E-state index in [4.69, 9.17) is 9.47 Å². The van der Waals surface area contributed by atoms with Crippen LogP contribution in [0.1, 0.15) is 23.6 Å².